The molecule has 0 amide bonds. The Labute approximate surface area is 117 Å². The van der Waals surface area contributed by atoms with Crippen molar-refractivity contribution in [2.45, 2.75) is 18.9 Å². The smallest absolute Gasteiger partial charge is 0.127 e. The van der Waals surface area contributed by atoms with E-state index in [1.54, 1.807) is 12.1 Å². The molecule has 1 atom stereocenters. The summed E-state index contributed by atoms with van der Waals surface area (Å²) in [6.07, 6.45) is 1.18. The van der Waals surface area contributed by atoms with E-state index in [0.29, 0.717) is 17.0 Å². The third kappa shape index (κ3) is 3.77. The second-order valence-corrected chi connectivity index (χ2v) is 4.86. The highest BCUT2D eigenvalue weighted by Gasteiger charge is 2.14. The summed E-state index contributed by atoms with van der Waals surface area (Å²) in [7, 11) is 0. The Morgan fingerprint density at radius 1 is 1.05 bits per heavy atom. The molecule has 2 aromatic rings. The number of halogens is 2. The topological polar surface area (TPSA) is 38.0 Å². The van der Waals surface area contributed by atoms with Crippen molar-refractivity contribution < 1.29 is 4.39 Å². The second kappa shape index (κ2) is 6.66. The predicted octanol–water partition coefficient (Wildman–Crippen LogP) is 3.10. The van der Waals surface area contributed by atoms with Gasteiger partial charge in [0.1, 0.15) is 5.82 Å². The maximum atomic E-state index is 13.7. The fourth-order valence-corrected chi connectivity index (χ4v) is 2.30. The molecule has 2 rings (SSSR count). The van der Waals surface area contributed by atoms with E-state index in [9.17, 15) is 4.39 Å². The van der Waals surface area contributed by atoms with Crippen molar-refractivity contribution in [2.24, 2.45) is 5.84 Å². The average Bonchev–Trinajstić information content (AvgIpc) is 2.43. The highest BCUT2D eigenvalue weighted by atomic mass is 35.5. The summed E-state index contributed by atoms with van der Waals surface area (Å²) in [4.78, 5) is 0. The number of hydrogen-bond donors (Lipinski definition) is 2. The Hall–Kier alpha value is -1.42. The van der Waals surface area contributed by atoms with Crippen LogP contribution in [-0.2, 0) is 12.8 Å². The minimum absolute atomic E-state index is 0.0585. The Balaban J connectivity index is 2.11. The molecule has 0 spiro atoms. The molecule has 3 N–H and O–H groups in total. The molecule has 4 heteroatoms. The summed E-state index contributed by atoms with van der Waals surface area (Å²) in [5, 5.41) is 0.438. The minimum Gasteiger partial charge on any atom is -0.271 e. The molecule has 0 aliphatic carbocycles. The molecule has 2 aromatic carbocycles. The van der Waals surface area contributed by atoms with Crippen molar-refractivity contribution in [1.82, 2.24) is 5.43 Å². The predicted molar refractivity (Wildman–Crippen MR) is 76.4 cm³/mol. The lowest BCUT2D eigenvalue weighted by Gasteiger charge is -2.17. The van der Waals surface area contributed by atoms with E-state index in [2.05, 4.69) is 5.43 Å². The van der Waals surface area contributed by atoms with Crippen molar-refractivity contribution in [3.63, 3.8) is 0 Å². The number of hydrogen-bond acceptors (Lipinski definition) is 2. The zero-order valence-corrected chi connectivity index (χ0v) is 11.2. The monoisotopic (exact) mass is 278 g/mol. The van der Waals surface area contributed by atoms with Crippen LogP contribution in [0.2, 0.25) is 5.02 Å². The molecule has 100 valence electrons. The van der Waals surface area contributed by atoms with Crippen LogP contribution in [0, 0.1) is 5.82 Å². The van der Waals surface area contributed by atoms with Crippen LogP contribution >= 0.6 is 11.6 Å². The molecule has 0 fully saturated rings. The second-order valence-electron chi connectivity index (χ2n) is 4.46. The maximum absolute atomic E-state index is 13.7. The van der Waals surface area contributed by atoms with E-state index in [1.165, 1.54) is 6.07 Å². The van der Waals surface area contributed by atoms with Crippen molar-refractivity contribution in [1.29, 1.82) is 0 Å². The lowest BCUT2D eigenvalue weighted by molar-refractivity contribution is 0.506. The van der Waals surface area contributed by atoms with Crippen LogP contribution in [0.3, 0.4) is 0 Å². The summed E-state index contributed by atoms with van der Waals surface area (Å²) in [5.74, 6) is 5.26. The van der Waals surface area contributed by atoms with Crippen LogP contribution in [-0.4, -0.2) is 6.04 Å². The van der Waals surface area contributed by atoms with Gasteiger partial charge < -0.3 is 0 Å². The van der Waals surface area contributed by atoms with Crippen molar-refractivity contribution in [3.8, 4) is 0 Å². The van der Waals surface area contributed by atoms with Gasteiger partial charge in [0.15, 0.2) is 0 Å². The van der Waals surface area contributed by atoms with Crippen LogP contribution in [0.15, 0.2) is 48.5 Å². The van der Waals surface area contributed by atoms with Gasteiger partial charge in [0, 0.05) is 16.6 Å². The van der Waals surface area contributed by atoms with Gasteiger partial charge in [-0.25, -0.2) is 4.39 Å². The highest BCUT2D eigenvalue weighted by molar-refractivity contribution is 6.31. The zero-order valence-electron chi connectivity index (χ0n) is 10.4. The van der Waals surface area contributed by atoms with Crippen molar-refractivity contribution >= 4 is 11.6 Å². The fourth-order valence-electron chi connectivity index (χ4n) is 2.06. The quantitative estimate of drug-likeness (QED) is 0.651. The molecule has 0 saturated heterocycles. The van der Waals surface area contributed by atoms with E-state index in [0.717, 1.165) is 12.0 Å². The minimum atomic E-state index is -0.291. The van der Waals surface area contributed by atoms with Gasteiger partial charge in [-0.3, -0.25) is 11.3 Å². The normalized spacial score (nSPS) is 12.4. The van der Waals surface area contributed by atoms with Crippen molar-refractivity contribution in [3.05, 3.63) is 70.5 Å². The summed E-state index contributed by atoms with van der Waals surface area (Å²) in [6.45, 7) is 0. The van der Waals surface area contributed by atoms with Crippen molar-refractivity contribution in [2.75, 3.05) is 0 Å². The third-order valence-electron chi connectivity index (χ3n) is 3.07. The number of nitrogens with two attached hydrogens (primary N) is 1. The average molecular weight is 279 g/mol. The van der Waals surface area contributed by atoms with E-state index in [-0.39, 0.29) is 11.9 Å². The summed E-state index contributed by atoms with van der Waals surface area (Å²) < 4.78 is 13.7. The molecule has 19 heavy (non-hydrogen) atoms. The molecular weight excluding hydrogens is 263 g/mol. The van der Waals surface area contributed by atoms with Gasteiger partial charge in [-0.15, -0.1) is 0 Å². The van der Waals surface area contributed by atoms with Gasteiger partial charge in [0.25, 0.3) is 0 Å². The number of hydrazine groups is 1. The molecule has 0 aliphatic heterocycles. The zero-order chi connectivity index (χ0) is 13.7. The molecule has 2 nitrogen and oxygen atoms in total. The van der Waals surface area contributed by atoms with E-state index in [4.69, 9.17) is 17.4 Å². The van der Waals surface area contributed by atoms with Gasteiger partial charge in [-0.05, 0) is 30.5 Å². The number of nitrogens with one attached hydrogen (secondary N) is 1. The summed E-state index contributed by atoms with van der Waals surface area (Å²) in [5.41, 5.74) is 4.38. The van der Waals surface area contributed by atoms with Crippen LogP contribution < -0.4 is 11.3 Å². The number of rotatable bonds is 5. The van der Waals surface area contributed by atoms with Crippen LogP contribution in [0.5, 0.6) is 0 Å². The molecule has 0 heterocycles. The van der Waals surface area contributed by atoms with Gasteiger partial charge in [0.05, 0.1) is 0 Å². The maximum Gasteiger partial charge on any atom is 0.127 e. The van der Waals surface area contributed by atoms with Gasteiger partial charge in [0.2, 0.25) is 0 Å². The van der Waals surface area contributed by atoms with Crippen LogP contribution in [0.4, 0.5) is 4.39 Å². The lowest BCUT2D eigenvalue weighted by atomic mass is 9.99. The third-order valence-corrected chi connectivity index (χ3v) is 3.43. The summed E-state index contributed by atoms with van der Waals surface area (Å²) >= 11 is 6.02. The Morgan fingerprint density at radius 2 is 1.79 bits per heavy atom. The Kier molecular flexibility index (Phi) is 4.91. The molecule has 0 aromatic heterocycles. The summed E-state index contributed by atoms with van der Waals surface area (Å²) in [6, 6.07) is 14.6. The highest BCUT2D eigenvalue weighted by Crippen LogP contribution is 2.21. The van der Waals surface area contributed by atoms with Crippen LogP contribution in [0.25, 0.3) is 0 Å². The molecule has 0 radical (unpaired) electrons. The molecule has 0 saturated carbocycles. The van der Waals surface area contributed by atoms with Crippen LogP contribution in [0.1, 0.15) is 11.1 Å². The van der Waals surface area contributed by atoms with Gasteiger partial charge >= 0.3 is 0 Å². The molecular formula is C15H16ClFN2. The first-order chi connectivity index (χ1) is 9.20. The van der Waals surface area contributed by atoms with E-state index < -0.39 is 0 Å². The fraction of sp³-hybridized carbons (Fsp3) is 0.200. The molecule has 0 aliphatic rings. The first-order valence-corrected chi connectivity index (χ1v) is 6.51. The Bertz CT molecular complexity index is 511. The van der Waals surface area contributed by atoms with E-state index >= 15 is 0 Å². The number of benzene rings is 2. The molecule has 1 unspecified atom stereocenters. The van der Waals surface area contributed by atoms with Gasteiger partial charge in [-0.2, -0.15) is 0 Å². The Morgan fingerprint density at radius 3 is 2.42 bits per heavy atom. The lowest BCUT2D eigenvalue weighted by Crippen LogP contribution is -2.38. The SMILES string of the molecule is NNC(Cc1ccccc1)Cc1c(F)cccc1Cl. The standard InChI is InChI=1S/C15H16ClFN2/c16-14-7-4-8-15(17)13(14)10-12(19-18)9-11-5-2-1-3-6-11/h1-8,12,19H,9-10,18H2. The first kappa shape index (κ1) is 14.0. The molecule has 0 bridgehead atoms. The van der Waals surface area contributed by atoms with Gasteiger partial charge in [-0.1, -0.05) is 48.0 Å². The largest absolute Gasteiger partial charge is 0.271 e. The van der Waals surface area contributed by atoms with E-state index in [1.807, 2.05) is 30.3 Å². The first-order valence-electron chi connectivity index (χ1n) is 6.13.